The molecule has 0 saturated heterocycles. The Labute approximate surface area is 127 Å². The van der Waals surface area contributed by atoms with Crippen molar-refractivity contribution in [3.8, 4) is 28.5 Å². The Morgan fingerprint density at radius 1 is 1.05 bits per heavy atom. The fourth-order valence-electron chi connectivity index (χ4n) is 2.34. The molecule has 0 atom stereocenters. The maximum absolute atomic E-state index is 6.15. The number of aromatic nitrogens is 3. The lowest BCUT2D eigenvalue weighted by Crippen LogP contribution is -1.98. The molecule has 0 aliphatic rings. The number of benzene rings is 1. The number of anilines is 1. The van der Waals surface area contributed by atoms with Crippen molar-refractivity contribution in [2.75, 3.05) is 27.1 Å². The molecule has 0 amide bonds. The molecule has 1 aromatic carbocycles. The molecule has 3 rings (SSSR count). The summed E-state index contributed by atoms with van der Waals surface area (Å²) in [7, 11) is 4.69. The molecule has 22 heavy (non-hydrogen) atoms. The average Bonchev–Trinajstić information content (AvgIpc) is 2.90. The summed E-state index contributed by atoms with van der Waals surface area (Å²) < 4.78 is 17.6. The minimum atomic E-state index is 0.449. The van der Waals surface area contributed by atoms with E-state index < -0.39 is 0 Å². The first-order valence-electron chi connectivity index (χ1n) is 6.59. The van der Waals surface area contributed by atoms with Gasteiger partial charge < -0.3 is 19.9 Å². The topological polar surface area (TPSA) is 83.9 Å². The Hall–Kier alpha value is -2.96. The number of imidazole rings is 1. The molecule has 0 spiro atoms. The Morgan fingerprint density at radius 3 is 2.27 bits per heavy atom. The standard InChI is InChI=1S/C15H16N4O3/c1-20-10-7-9(8-11(21-2)14(10)22-3)13-15(16)19-12(18-13)5-4-6-17-19/h4-8H,16H2,1-3H3. The van der Waals surface area contributed by atoms with Crippen LogP contribution in [0.2, 0.25) is 0 Å². The maximum atomic E-state index is 6.15. The van der Waals surface area contributed by atoms with Gasteiger partial charge in [-0.25, -0.2) is 4.98 Å². The minimum Gasteiger partial charge on any atom is -0.493 e. The molecule has 2 aromatic heterocycles. The van der Waals surface area contributed by atoms with Crippen molar-refractivity contribution in [2.45, 2.75) is 0 Å². The summed E-state index contributed by atoms with van der Waals surface area (Å²) in [5.74, 6) is 2.06. The summed E-state index contributed by atoms with van der Waals surface area (Å²) in [6.07, 6.45) is 1.66. The molecule has 2 N–H and O–H groups in total. The molecule has 7 nitrogen and oxygen atoms in total. The first kappa shape index (κ1) is 14.0. The van der Waals surface area contributed by atoms with Crippen LogP contribution in [0.15, 0.2) is 30.5 Å². The van der Waals surface area contributed by atoms with Crippen LogP contribution in [0.25, 0.3) is 16.9 Å². The molecule has 0 aliphatic carbocycles. The fourth-order valence-corrected chi connectivity index (χ4v) is 2.34. The number of rotatable bonds is 4. The summed E-state index contributed by atoms with van der Waals surface area (Å²) >= 11 is 0. The van der Waals surface area contributed by atoms with Crippen LogP contribution in [0.1, 0.15) is 0 Å². The van der Waals surface area contributed by atoms with Gasteiger partial charge in [-0.3, -0.25) is 0 Å². The van der Waals surface area contributed by atoms with Gasteiger partial charge in [-0.15, -0.1) is 0 Å². The second kappa shape index (κ2) is 5.44. The minimum absolute atomic E-state index is 0.449. The van der Waals surface area contributed by atoms with Crippen LogP contribution in [0.3, 0.4) is 0 Å². The molecule has 0 fully saturated rings. The summed E-state index contributed by atoms with van der Waals surface area (Å²) in [6, 6.07) is 7.25. The van der Waals surface area contributed by atoms with Crippen molar-refractivity contribution in [1.29, 1.82) is 0 Å². The Kier molecular flexibility index (Phi) is 3.46. The van der Waals surface area contributed by atoms with Gasteiger partial charge in [-0.05, 0) is 24.3 Å². The van der Waals surface area contributed by atoms with Gasteiger partial charge in [0.25, 0.3) is 0 Å². The van der Waals surface area contributed by atoms with Crippen molar-refractivity contribution < 1.29 is 14.2 Å². The van der Waals surface area contributed by atoms with Crippen molar-refractivity contribution >= 4 is 11.5 Å². The first-order valence-corrected chi connectivity index (χ1v) is 6.59. The summed E-state index contributed by atoms with van der Waals surface area (Å²) in [4.78, 5) is 4.51. The zero-order chi connectivity index (χ0) is 15.7. The predicted molar refractivity (Wildman–Crippen MR) is 82.5 cm³/mol. The van der Waals surface area contributed by atoms with Crippen LogP contribution >= 0.6 is 0 Å². The molecule has 0 aliphatic heterocycles. The van der Waals surface area contributed by atoms with Crippen LogP contribution in [0, 0.1) is 0 Å². The van der Waals surface area contributed by atoms with E-state index in [-0.39, 0.29) is 0 Å². The lowest BCUT2D eigenvalue weighted by atomic mass is 10.1. The van der Waals surface area contributed by atoms with Crippen molar-refractivity contribution in [2.24, 2.45) is 0 Å². The molecule has 3 aromatic rings. The zero-order valence-electron chi connectivity index (χ0n) is 12.5. The highest BCUT2D eigenvalue weighted by molar-refractivity contribution is 5.78. The summed E-state index contributed by atoms with van der Waals surface area (Å²) in [6.45, 7) is 0. The van der Waals surface area contributed by atoms with Gasteiger partial charge >= 0.3 is 0 Å². The van der Waals surface area contributed by atoms with Crippen molar-refractivity contribution in [3.05, 3.63) is 30.5 Å². The number of nitrogens with two attached hydrogens (primary N) is 1. The SMILES string of the molecule is COc1cc(-c2nc3cccnn3c2N)cc(OC)c1OC. The lowest BCUT2D eigenvalue weighted by Gasteiger charge is -2.13. The molecule has 2 heterocycles. The van der Waals surface area contributed by atoms with Crippen LogP contribution < -0.4 is 19.9 Å². The van der Waals surface area contributed by atoms with Crippen LogP contribution in [0.5, 0.6) is 17.2 Å². The van der Waals surface area contributed by atoms with E-state index in [0.29, 0.717) is 34.4 Å². The van der Waals surface area contributed by atoms with Crippen LogP contribution in [0.4, 0.5) is 5.82 Å². The third-order valence-electron chi connectivity index (χ3n) is 3.37. The Bertz CT molecular complexity index is 804. The maximum Gasteiger partial charge on any atom is 0.203 e. The molecule has 7 heteroatoms. The number of hydrogen-bond donors (Lipinski definition) is 1. The van der Waals surface area contributed by atoms with Crippen LogP contribution in [-0.2, 0) is 0 Å². The van der Waals surface area contributed by atoms with Crippen molar-refractivity contribution in [3.63, 3.8) is 0 Å². The lowest BCUT2D eigenvalue weighted by molar-refractivity contribution is 0.324. The average molecular weight is 300 g/mol. The third kappa shape index (κ3) is 2.07. The smallest absolute Gasteiger partial charge is 0.203 e. The predicted octanol–water partition coefficient (Wildman–Crippen LogP) is 2.00. The molecule has 114 valence electrons. The van der Waals surface area contributed by atoms with Crippen LogP contribution in [-0.4, -0.2) is 35.9 Å². The van der Waals surface area contributed by atoms with Gasteiger partial charge in [-0.2, -0.15) is 9.61 Å². The Morgan fingerprint density at radius 2 is 1.73 bits per heavy atom. The van der Waals surface area contributed by atoms with E-state index in [1.54, 1.807) is 50.2 Å². The number of nitrogen functional groups attached to an aromatic ring is 1. The quantitative estimate of drug-likeness (QED) is 0.793. The number of nitrogens with zero attached hydrogens (tertiary/aromatic N) is 3. The van der Waals surface area contributed by atoms with E-state index in [1.165, 1.54) is 0 Å². The van der Waals surface area contributed by atoms with Gasteiger partial charge in [-0.1, -0.05) is 0 Å². The van der Waals surface area contributed by atoms with Gasteiger partial charge in [0.1, 0.15) is 5.69 Å². The number of methoxy groups -OCH3 is 3. The Balaban J connectivity index is 2.24. The summed E-state index contributed by atoms with van der Waals surface area (Å²) in [5, 5.41) is 4.19. The van der Waals surface area contributed by atoms with E-state index >= 15 is 0 Å². The number of fused-ring (bicyclic) bond motifs is 1. The normalized spacial score (nSPS) is 10.7. The highest BCUT2D eigenvalue weighted by atomic mass is 16.5. The van der Waals surface area contributed by atoms with Gasteiger partial charge in [0.2, 0.25) is 5.75 Å². The molecule has 0 saturated carbocycles. The largest absolute Gasteiger partial charge is 0.493 e. The zero-order valence-corrected chi connectivity index (χ0v) is 12.5. The van der Waals surface area contributed by atoms with Gasteiger partial charge in [0.05, 0.1) is 21.3 Å². The van der Waals surface area contributed by atoms with Crippen molar-refractivity contribution in [1.82, 2.24) is 14.6 Å². The second-order valence-electron chi connectivity index (χ2n) is 4.55. The van der Waals surface area contributed by atoms with Gasteiger partial charge in [0.15, 0.2) is 23.0 Å². The third-order valence-corrected chi connectivity index (χ3v) is 3.37. The second-order valence-corrected chi connectivity index (χ2v) is 4.55. The molecular weight excluding hydrogens is 284 g/mol. The summed E-state index contributed by atoms with van der Waals surface area (Å²) in [5.41, 5.74) is 8.19. The van der Waals surface area contributed by atoms with E-state index in [2.05, 4.69) is 10.1 Å². The van der Waals surface area contributed by atoms with E-state index in [9.17, 15) is 0 Å². The first-order chi connectivity index (χ1) is 10.7. The number of hydrogen-bond acceptors (Lipinski definition) is 6. The molecule has 0 bridgehead atoms. The number of ether oxygens (including phenoxy) is 3. The highest BCUT2D eigenvalue weighted by Crippen LogP contribution is 2.41. The molecular formula is C15H16N4O3. The van der Waals surface area contributed by atoms with E-state index in [1.807, 2.05) is 6.07 Å². The monoisotopic (exact) mass is 300 g/mol. The van der Waals surface area contributed by atoms with E-state index in [0.717, 1.165) is 5.56 Å². The van der Waals surface area contributed by atoms with Gasteiger partial charge in [0, 0.05) is 11.8 Å². The molecule has 0 unspecified atom stereocenters. The fraction of sp³-hybridized carbons (Fsp3) is 0.200. The van der Waals surface area contributed by atoms with E-state index in [4.69, 9.17) is 19.9 Å². The highest BCUT2D eigenvalue weighted by Gasteiger charge is 2.18. The molecule has 0 radical (unpaired) electrons.